The molecule has 1 aliphatic rings. The van der Waals surface area contributed by atoms with Gasteiger partial charge in [-0.3, -0.25) is 10.1 Å². The zero-order valence-corrected chi connectivity index (χ0v) is 18.4. The zero-order valence-electron chi connectivity index (χ0n) is 16.8. The van der Waals surface area contributed by atoms with Crippen LogP contribution in [0.4, 0.5) is 6.01 Å². The van der Waals surface area contributed by atoms with E-state index < -0.39 is 15.9 Å². The van der Waals surface area contributed by atoms with Gasteiger partial charge >= 0.3 is 6.01 Å². The smallest absolute Gasteiger partial charge is 0.322 e. The summed E-state index contributed by atoms with van der Waals surface area (Å²) in [6.07, 6.45) is 2.73. The second kappa shape index (κ2) is 8.78. The van der Waals surface area contributed by atoms with Crippen molar-refractivity contribution < 1.29 is 17.6 Å². The van der Waals surface area contributed by atoms with E-state index in [1.807, 2.05) is 6.92 Å². The van der Waals surface area contributed by atoms with Crippen LogP contribution in [-0.4, -0.2) is 41.4 Å². The van der Waals surface area contributed by atoms with Crippen molar-refractivity contribution in [2.75, 3.05) is 11.9 Å². The average molecular weight is 461 g/mol. The third kappa shape index (κ3) is 4.63. The minimum Gasteiger partial charge on any atom is -0.403 e. The highest BCUT2D eigenvalue weighted by Crippen LogP contribution is 2.26. The summed E-state index contributed by atoms with van der Waals surface area (Å²) < 4.78 is 32.8. The van der Waals surface area contributed by atoms with E-state index in [4.69, 9.17) is 16.0 Å². The minimum atomic E-state index is -3.59. The molecule has 3 aromatic rings. The van der Waals surface area contributed by atoms with Crippen molar-refractivity contribution in [3.63, 3.8) is 0 Å². The van der Waals surface area contributed by atoms with Crippen molar-refractivity contribution in [1.29, 1.82) is 0 Å². The molecule has 1 amide bonds. The first-order chi connectivity index (χ1) is 14.8. The number of aromatic nitrogens is 2. The van der Waals surface area contributed by atoms with E-state index in [9.17, 15) is 13.2 Å². The van der Waals surface area contributed by atoms with Gasteiger partial charge in [0.05, 0.1) is 4.90 Å². The molecule has 1 atom stereocenters. The standard InChI is InChI=1S/C21H21ClN4O4S/c1-14-5-2-3-12-26(14)31(28,29)18-10-8-15(9-11-18)19(27)23-21-25-24-20(30-21)16-6-4-7-17(22)13-16/h4,6-11,13-14H,2-3,5,12H2,1H3,(H,23,25,27). The number of nitrogens with one attached hydrogen (secondary N) is 1. The SMILES string of the molecule is CC1CCCCN1S(=O)(=O)c1ccc(C(=O)Nc2nnc(-c3cccc(Cl)c3)o2)cc1. The summed E-state index contributed by atoms with van der Waals surface area (Å²) in [7, 11) is -3.59. The van der Waals surface area contributed by atoms with Gasteiger partial charge in [-0.2, -0.15) is 4.31 Å². The largest absolute Gasteiger partial charge is 0.403 e. The molecule has 0 radical (unpaired) electrons. The molecule has 1 aliphatic heterocycles. The van der Waals surface area contributed by atoms with Crippen LogP contribution in [0.5, 0.6) is 0 Å². The molecule has 31 heavy (non-hydrogen) atoms. The number of carbonyl (C=O) groups is 1. The van der Waals surface area contributed by atoms with Gasteiger partial charge in [0.1, 0.15) is 0 Å². The third-order valence-corrected chi connectivity index (χ3v) is 7.45. The quantitative estimate of drug-likeness (QED) is 0.611. The summed E-state index contributed by atoms with van der Waals surface area (Å²) in [5.74, 6) is -0.272. The number of sulfonamides is 1. The Hall–Kier alpha value is -2.75. The van der Waals surface area contributed by atoms with Crippen molar-refractivity contribution in [2.45, 2.75) is 37.1 Å². The molecule has 1 aromatic heterocycles. The van der Waals surface area contributed by atoms with Gasteiger partial charge < -0.3 is 4.42 Å². The van der Waals surface area contributed by atoms with Gasteiger partial charge in [0.25, 0.3) is 5.91 Å². The Morgan fingerprint density at radius 2 is 1.94 bits per heavy atom. The van der Waals surface area contributed by atoms with E-state index in [0.717, 1.165) is 19.3 Å². The topological polar surface area (TPSA) is 105 Å². The molecule has 1 N–H and O–H groups in total. The van der Waals surface area contributed by atoms with Crippen LogP contribution >= 0.6 is 11.6 Å². The highest BCUT2D eigenvalue weighted by atomic mass is 35.5. The van der Waals surface area contributed by atoms with E-state index in [1.165, 1.54) is 28.6 Å². The van der Waals surface area contributed by atoms with Gasteiger partial charge in [-0.25, -0.2) is 8.42 Å². The van der Waals surface area contributed by atoms with Crippen LogP contribution in [0.2, 0.25) is 5.02 Å². The molecule has 4 rings (SSSR count). The van der Waals surface area contributed by atoms with Crippen LogP contribution in [0, 0.1) is 0 Å². The number of piperidine rings is 1. The predicted octanol–water partition coefficient (Wildman–Crippen LogP) is 4.21. The maximum Gasteiger partial charge on any atom is 0.322 e. The Labute approximate surface area is 185 Å². The third-order valence-electron chi connectivity index (χ3n) is 5.18. The van der Waals surface area contributed by atoms with Gasteiger partial charge in [-0.05, 0) is 62.2 Å². The number of rotatable bonds is 5. The maximum atomic E-state index is 12.9. The van der Waals surface area contributed by atoms with E-state index in [1.54, 1.807) is 24.3 Å². The second-order valence-corrected chi connectivity index (χ2v) is 9.69. The summed E-state index contributed by atoms with van der Waals surface area (Å²) in [5, 5.41) is 10.8. The maximum absolute atomic E-state index is 12.9. The van der Waals surface area contributed by atoms with E-state index in [-0.39, 0.29) is 28.4 Å². The van der Waals surface area contributed by atoms with Crippen molar-refractivity contribution in [3.8, 4) is 11.5 Å². The first-order valence-electron chi connectivity index (χ1n) is 9.87. The molecule has 1 saturated heterocycles. The highest BCUT2D eigenvalue weighted by molar-refractivity contribution is 7.89. The molecule has 1 unspecified atom stereocenters. The van der Waals surface area contributed by atoms with Crippen molar-refractivity contribution in [1.82, 2.24) is 14.5 Å². The van der Waals surface area contributed by atoms with Gasteiger partial charge in [-0.15, -0.1) is 5.10 Å². The number of nitrogens with zero attached hydrogens (tertiary/aromatic N) is 3. The fraction of sp³-hybridized carbons (Fsp3) is 0.286. The number of anilines is 1. The van der Waals surface area contributed by atoms with Gasteiger partial charge in [-0.1, -0.05) is 29.2 Å². The summed E-state index contributed by atoms with van der Waals surface area (Å²) in [6.45, 7) is 2.43. The Balaban J connectivity index is 1.47. The molecule has 1 fully saturated rings. The average Bonchev–Trinajstić information content (AvgIpc) is 3.22. The molecule has 0 aliphatic carbocycles. The Morgan fingerprint density at radius 3 is 2.65 bits per heavy atom. The van der Waals surface area contributed by atoms with E-state index in [2.05, 4.69) is 15.5 Å². The molecule has 10 heteroatoms. The van der Waals surface area contributed by atoms with Crippen LogP contribution in [0.3, 0.4) is 0 Å². The normalized spacial score (nSPS) is 17.4. The monoisotopic (exact) mass is 460 g/mol. The minimum absolute atomic E-state index is 0.0343. The fourth-order valence-corrected chi connectivity index (χ4v) is 5.41. The lowest BCUT2D eigenvalue weighted by atomic mass is 10.1. The van der Waals surface area contributed by atoms with Crippen LogP contribution in [0.1, 0.15) is 36.5 Å². The van der Waals surface area contributed by atoms with Gasteiger partial charge in [0, 0.05) is 28.7 Å². The number of carbonyl (C=O) groups excluding carboxylic acids is 1. The molecule has 2 aromatic carbocycles. The molecular weight excluding hydrogens is 440 g/mol. The first-order valence-corrected chi connectivity index (χ1v) is 11.7. The fourth-order valence-electron chi connectivity index (χ4n) is 3.52. The predicted molar refractivity (Wildman–Crippen MR) is 116 cm³/mol. The summed E-state index contributed by atoms with van der Waals surface area (Å²) in [4.78, 5) is 12.7. The highest BCUT2D eigenvalue weighted by Gasteiger charge is 2.31. The lowest BCUT2D eigenvalue weighted by Gasteiger charge is -2.32. The Morgan fingerprint density at radius 1 is 1.16 bits per heavy atom. The lowest BCUT2D eigenvalue weighted by molar-refractivity contribution is 0.102. The molecule has 8 nitrogen and oxygen atoms in total. The van der Waals surface area contributed by atoms with Crippen LogP contribution in [-0.2, 0) is 10.0 Å². The van der Waals surface area contributed by atoms with Crippen LogP contribution in [0.15, 0.2) is 57.8 Å². The van der Waals surface area contributed by atoms with Crippen LogP contribution < -0.4 is 5.32 Å². The van der Waals surface area contributed by atoms with Gasteiger partial charge in [0.15, 0.2) is 0 Å². The van der Waals surface area contributed by atoms with Crippen molar-refractivity contribution in [3.05, 3.63) is 59.1 Å². The molecule has 0 spiro atoms. The van der Waals surface area contributed by atoms with Gasteiger partial charge in [0.2, 0.25) is 15.9 Å². The molecular formula is C21H21ClN4O4S. The molecule has 0 saturated carbocycles. The lowest BCUT2D eigenvalue weighted by Crippen LogP contribution is -2.41. The number of halogens is 1. The van der Waals surface area contributed by atoms with Crippen molar-refractivity contribution in [2.24, 2.45) is 0 Å². The van der Waals surface area contributed by atoms with E-state index in [0.29, 0.717) is 17.1 Å². The Bertz CT molecular complexity index is 1190. The summed E-state index contributed by atoms with van der Waals surface area (Å²) >= 11 is 5.96. The Kier molecular flexibility index (Phi) is 6.08. The number of amides is 1. The molecule has 0 bridgehead atoms. The molecule has 162 valence electrons. The number of hydrogen-bond acceptors (Lipinski definition) is 6. The van der Waals surface area contributed by atoms with Crippen molar-refractivity contribution >= 4 is 33.5 Å². The number of hydrogen-bond donors (Lipinski definition) is 1. The summed E-state index contributed by atoms with van der Waals surface area (Å²) in [5.41, 5.74) is 0.898. The second-order valence-electron chi connectivity index (χ2n) is 7.36. The zero-order chi connectivity index (χ0) is 22.0. The first kappa shape index (κ1) is 21.5. The summed E-state index contributed by atoms with van der Waals surface area (Å²) in [6, 6.07) is 12.6. The van der Waals surface area contributed by atoms with E-state index >= 15 is 0 Å². The number of benzene rings is 2. The molecule has 2 heterocycles. The van der Waals surface area contributed by atoms with Crippen LogP contribution in [0.25, 0.3) is 11.5 Å².